The van der Waals surface area contributed by atoms with Gasteiger partial charge < -0.3 is 9.84 Å². The Hall–Kier alpha value is -1.35. The van der Waals surface area contributed by atoms with E-state index in [1.807, 2.05) is 6.92 Å². The maximum atomic E-state index is 11.8. The first-order valence-electron chi connectivity index (χ1n) is 5.55. The van der Waals surface area contributed by atoms with Gasteiger partial charge in [0, 0.05) is 5.56 Å². The van der Waals surface area contributed by atoms with Gasteiger partial charge in [0.2, 0.25) is 0 Å². The van der Waals surface area contributed by atoms with Crippen molar-refractivity contribution in [3.63, 3.8) is 0 Å². The smallest absolute Gasteiger partial charge is 0.191 e. The van der Waals surface area contributed by atoms with Gasteiger partial charge in [-0.15, -0.1) is 0 Å². The van der Waals surface area contributed by atoms with E-state index in [0.29, 0.717) is 17.7 Å². The molecule has 0 aliphatic heterocycles. The van der Waals surface area contributed by atoms with Gasteiger partial charge in [0.05, 0.1) is 7.11 Å². The number of carbonyl (C=O) groups is 1. The van der Waals surface area contributed by atoms with Crippen molar-refractivity contribution in [1.82, 2.24) is 0 Å². The van der Waals surface area contributed by atoms with Crippen molar-refractivity contribution in [2.75, 3.05) is 7.11 Å². The fourth-order valence-corrected chi connectivity index (χ4v) is 1.48. The lowest BCUT2D eigenvalue weighted by molar-refractivity contribution is 0.0726. The van der Waals surface area contributed by atoms with Crippen LogP contribution in [0.15, 0.2) is 24.3 Å². The number of Topliss-reactive ketones (excluding diaryl/α,β-unsaturated/α-hetero) is 1. The standard InChI is InChI=1S/C13H18O3/c1-3-4-5-12(14)13(15)10-6-8-11(16-2)9-7-10/h6-9,12,14H,3-5H2,1-2H3. The van der Waals surface area contributed by atoms with E-state index in [1.165, 1.54) is 0 Å². The Morgan fingerprint density at radius 3 is 2.50 bits per heavy atom. The van der Waals surface area contributed by atoms with E-state index in [0.717, 1.165) is 12.8 Å². The number of carbonyl (C=O) groups excluding carboxylic acids is 1. The average Bonchev–Trinajstić information content (AvgIpc) is 2.35. The third-order valence-corrected chi connectivity index (χ3v) is 2.51. The van der Waals surface area contributed by atoms with Crippen LogP contribution < -0.4 is 4.74 Å². The van der Waals surface area contributed by atoms with Crippen LogP contribution in [0.5, 0.6) is 5.75 Å². The molecule has 1 aromatic carbocycles. The van der Waals surface area contributed by atoms with E-state index >= 15 is 0 Å². The number of aliphatic hydroxyl groups excluding tert-OH is 1. The molecule has 0 saturated heterocycles. The van der Waals surface area contributed by atoms with Crippen molar-refractivity contribution in [2.24, 2.45) is 0 Å². The normalized spacial score (nSPS) is 12.2. The zero-order valence-electron chi connectivity index (χ0n) is 9.77. The summed E-state index contributed by atoms with van der Waals surface area (Å²) < 4.78 is 5.00. The van der Waals surface area contributed by atoms with E-state index in [4.69, 9.17) is 4.74 Å². The second-order valence-corrected chi connectivity index (χ2v) is 3.75. The number of aliphatic hydroxyl groups is 1. The monoisotopic (exact) mass is 222 g/mol. The molecule has 1 unspecified atom stereocenters. The highest BCUT2D eigenvalue weighted by molar-refractivity contribution is 5.99. The minimum atomic E-state index is -0.881. The molecule has 0 saturated carbocycles. The molecule has 1 atom stereocenters. The van der Waals surface area contributed by atoms with Crippen molar-refractivity contribution in [3.8, 4) is 5.75 Å². The van der Waals surface area contributed by atoms with Gasteiger partial charge in [0.15, 0.2) is 5.78 Å². The van der Waals surface area contributed by atoms with Gasteiger partial charge in [-0.3, -0.25) is 4.79 Å². The number of benzene rings is 1. The predicted octanol–water partition coefficient (Wildman–Crippen LogP) is 2.43. The third-order valence-electron chi connectivity index (χ3n) is 2.51. The van der Waals surface area contributed by atoms with Crippen molar-refractivity contribution >= 4 is 5.78 Å². The van der Waals surface area contributed by atoms with E-state index in [9.17, 15) is 9.90 Å². The Kier molecular flexibility index (Phi) is 4.99. The molecule has 88 valence electrons. The fourth-order valence-electron chi connectivity index (χ4n) is 1.48. The molecule has 0 amide bonds. The Labute approximate surface area is 96.1 Å². The fraction of sp³-hybridized carbons (Fsp3) is 0.462. The molecule has 1 aromatic rings. The van der Waals surface area contributed by atoms with Gasteiger partial charge in [-0.25, -0.2) is 0 Å². The summed E-state index contributed by atoms with van der Waals surface area (Å²) in [7, 11) is 1.58. The zero-order chi connectivity index (χ0) is 12.0. The molecular weight excluding hydrogens is 204 g/mol. The highest BCUT2D eigenvalue weighted by Crippen LogP contribution is 2.14. The maximum Gasteiger partial charge on any atom is 0.191 e. The molecule has 0 aliphatic rings. The van der Waals surface area contributed by atoms with Gasteiger partial charge in [-0.05, 0) is 30.7 Å². The molecule has 0 fully saturated rings. The van der Waals surface area contributed by atoms with Crippen LogP contribution in [0.3, 0.4) is 0 Å². The van der Waals surface area contributed by atoms with Crippen molar-refractivity contribution in [1.29, 1.82) is 0 Å². The van der Waals surface area contributed by atoms with E-state index in [2.05, 4.69) is 0 Å². The summed E-state index contributed by atoms with van der Waals surface area (Å²) in [6.07, 6.45) is 1.49. The summed E-state index contributed by atoms with van der Waals surface area (Å²) in [5.41, 5.74) is 0.532. The van der Waals surface area contributed by atoms with Crippen LogP contribution in [0, 0.1) is 0 Å². The molecule has 0 aliphatic carbocycles. The molecule has 0 spiro atoms. The predicted molar refractivity (Wildman–Crippen MR) is 62.9 cm³/mol. The number of hydrogen-bond donors (Lipinski definition) is 1. The minimum absolute atomic E-state index is 0.212. The summed E-state index contributed by atoms with van der Waals surface area (Å²) in [6, 6.07) is 6.80. The quantitative estimate of drug-likeness (QED) is 0.752. The SMILES string of the molecule is CCCCC(O)C(=O)c1ccc(OC)cc1. The van der Waals surface area contributed by atoms with E-state index in [1.54, 1.807) is 31.4 Å². The summed E-state index contributed by atoms with van der Waals surface area (Å²) in [5.74, 6) is 0.496. The molecule has 16 heavy (non-hydrogen) atoms. The molecule has 3 heteroatoms. The van der Waals surface area contributed by atoms with E-state index in [-0.39, 0.29) is 5.78 Å². The van der Waals surface area contributed by atoms with Crippen molar-refractivity contribution in [2.45, 2.75) is 32.3 Å². The first-order valence-corrected chi connectivity index (χ1v) is 5.55. The van der Waals surface area contributed by atoms with Gasteiger partial charge in [0.1, 0.15) is 11.9 Å². The van der Waals surface area contributed by atoms with Crippen LogP contribution in [0.2, 0.25) is 0 Å². The first-order chi connectivity index (χ1) is 7.69. The molecule has 0 heterocycles. The highest BCUT2D eigenvalue weighted by atomic mass is 16.5. The van der Waals surface area contributed by atoms with Crippen LogP contribution in [0.4, 0.5) is 0 Å². The van der Waals surface area contributed by atoms with Gasteiger partial charge in [-0.1, -0.05) is 19.8 Å². The number of ketones is 1. The summed E-state index contributed by atoms with van der Waals surface area (Å²) in [5, 5.41) is 9.65. The van der Waals surface area contributed by atoms with Crippen LogP contribution in [-0.2, 0) is 0 Å². The molecule has 0 aromatic heterocycles. The number of ether oxygens (including phenoxy) is 1. The molecule has 3 nitrogen and oxygen atoms in total. The first kappa shape index (κ1) is 12.7. The topological polar surface area (TPSA) is 46.5 Å². The van der Waals surface area contributed by atoms with Crippen LogP contribution in [-0.4, -0.2) is 24.1 Å². The lowest BCUT2D eigenvalue weighted by Crippen LogP contribution is -2.20. The van der Waals surface area contributed by atoms with Crippen molar-refractivity contribution in [3.05, 3.63) is 29.8 Å². The highest BCUT2D eigenvalue weighted by Gasteiger charge is 2.16. The van der Waals surface area contributed by atoms with Gasteiger partial charge in [-0.2, -0.15) is 0 Å². The number of unbranched alkanes of at least 4 members (excludes halogenated alkanes) is 1. The average molecular weight is 222 g/mol. The van der Waals surface area contributed by atoms with Crippen molar-refractivity contribution < 1.29 is 14.6 Å². The number of methoxy groups -OCH3 is 1. The molecule has 0 radical (unpaired) electrons. The Morgan fingerprint density at radius 2 is 2.00 bits per heavy atom. The van der Waals surface area contributed by atoms with Gasteiger partial charge in [0.25, 0.3) is 0 Å². The molecular formula is C13H18O3. The maximum absolute atomic E-state index is 11.8. The Bertz CT molecular complexity index is 330. The minimum Gasteiger partial charge on any atom is -0.497 e. The van der Waals surface area contributed by atoms with Crippen LogP contribution in [0.1, 0.15) is 36.5 Å². The largest absolute Gasteiger partial charge is 0.497 e. The van der Waals surface area contributed by atoms with Crippen LogP contribution >= 0.6 is 0 Å². The van der Waals surface area contributed by atoms with Crippen LogP contribution in [0.25, 0.3) is 0 Å². The lowest BCUT2D eigenvalue weighted by Gasteiger charge is -2.09. The summed E-state index contributed by atoms with van der Waals surface area (Å²) in [6.45, 7) is 2.03. The molecule has 0 bridgehead atoms. The van der Waals surface area contributed by atoms with Gasteiger partial charge >= 0.3 is 0 Å². The Morgan fingerprint density at radius 1 is 1.38 bits per heavy atom. The zero-order valence-corrected chi connectivity index (χ0v) is 9.77. The summed E-state index contributed by atoms with van der Waals surface area (Å²) >= 11 is 0. The summed E-state index contributed by atoms with van der Waals surface area (Å²) in [4.78, 5) is 11.8. The number of rotatable bonds is 6. The van der Waals surface area contributed by atoms with E-state index < -0.39 is 6.10 Å². The second kappa shape index (κ2) is 6.28. The molecule has 1 N–H and O–H groups in total. The Balaban J connectivity index is 2.64. The molecule has 1 rings (SSSR count). The third kappa shape index (κ3) is 3.35. The lowest BCUT2D eigenvalue weighted by atomic mass is 10.0. The second-order valence-electron chi connectivity index (χ2n) is 3.75. The number of hydrogen-bond acceptors (Lipinski definition) is 3.